The summed E-state index contributed by atoms with van der Waals surface area (Å²) in [6, 6.07) is 0. The van der Waals surface area contributed by atoms with Crippen LogP contribution in [-0.4, -0.2) is 51.7 Å². The van der Waals surface area contributed by atoms with Crippen LogP contribution in [0.5, 0.6) is 0 Å². The number of Topliss-reactive ketones (excluding diaryl/α,β-unsaturated/α-hetero) is 2. The van der Waals surface area contributed by atoms with Crippen LogP contribution >= 0.6 is 0 Å². The van der Waals surface area contributed by atoms with E-state index in [-0.39, 0.29) is 42.2 Å². The van der Waals surface area contributed by atoms with Gasteiger partial charge in [0, 0.05) is 23.2 Å². The number of ether oxygens (including phenoxy) is 1. The lowest BCUT2D eigenvalue weighted by Crippen LogP contribution is -2.62. The molecule has 2 N–H and O–H groups in total. The zero-order valence-electron chi connectivity index (χ0n) is 19.8. The monoisotopic (exact) mass is 472 g/mol. The Morgan fingerprint density at radius 2 is 1.88 bits per heavy atom. The van der Waals surface area contributed by atoms with E-state index in [1.165, 1.54) is 6.08 Å². The van der Waals surface area contributed by atoms with Crippen molar-refractivity contribution in [2.45, 2.75) is 64.9 Å². The summed E-state index contributed by atoms with van der Waals surface area (Å²) in [7, 11) is 0. The highest BCUT2D eigenvalue weighted by Crippen LogP contribution is 2.67. The van der Waals surface area contributed by atoms with Gasteiger partial charge in [-0.2, -0.15) is 0 Å². The third-order valence-corrected chi connectivity index (χ3v) is 9.17. The zero-order chi connectivity index (χ0) is 25.1. The fraction of sp³-hybridized carbons (Fsp3) is 0.654. The minimum absolute atomic E-state index is 0.0189. The first-order valence-electron chi connectivity index (χ1n) is 11.9. The number of carbonyl (C=O) groups is 5. The van der Waals surface area contributed by atoms with Crippen molar-refractivity contribution in [1.82, 2.24) is 0 Å². The van der Waals surface area contributed by atoms with E-state index in [1.807, 2.05) is 13.0 Å². The van der Waals surface area contributed by atoms with Gasteiger partial charge >= 0.3 is 11.9 Å². The quantitative estimate of drug-likeness (QED) is 0.563. The van der Waals surface area contributed by atoms with Gasteiger partial charge in [0.2, 0.25) is 5.78 Å². The molecule has 0 heterocycles. The number of aliphatic hydroxyl groups is 1. The molecule has 8 nitrogen and oxygen atoms in total. The van der Waals surface area contributed by atoms with E-state index in [4.69, 9.17) is 9.84 Å². The van der Waals surface area contributed by atoms with Crippen molar-refractivity contribution in [3.8, 4) is 0 Å². The Balaban J connectivity index is 1.58. The molecule has 0 spiro atoms. The molecule has 0 aromatic heterocycles. The standard InChI is InChI=1S/C26H32O8/c1-14-10-18-17-5-4-15-11-16(27)8-9-24(15,2)23(17)19(28)12-25(18,3)26(14,33)20(29)13-34-22(32)7-6-21(30)31/h8-9,11,14,17-18,23,33H,4-7,10,12-13H2,1-3H3,(H,30,31). The number of aliphatic carboxylic acids is 1. The maximum absolute atomic E-state index is 13.6. The normalized spacial score (nSPS) is 40.6. The van der Waals surface area contributed by atoms with Gasteiger partial charge in [-0.1, -0.05) is 32.4 Å². The number of rotatable bonds is 6. The van der Waals surface area contributed by atoms with E-state index in [0.29, 0.717) is 19.3 Å². The van der Waals surface area contributed by atoms with Crippen LogP contribution in [0.1, 0.15) is 59.3 Å². The molecule has 4 rings (SSSR count). The summed E-state index contributed by atoms with van der Waals surface area (Å²) in [5.41, 5.74) is -2.39. The number of hydrogen-bond donors (Lipinski definition) is 2. The van der Waals surface area contributed by atoms with Crippen molar-refractivity contribution in [3.63, 3.8) is 0 Å². The third kappa shape index (κ3) is 3.49. The van der Waals surface area contributed by atoms with Gasteiger partial charge in [0.25, 0.3) is 0 Å². The van der Waals surface area contributed by atoms with Crippen LogP contribution in [0.15, 0.2) is 23.8 Å². The van der Waals surface area contributed by atoms with Crippen molar-refractivity contribution < 1.29 is 38.9 Å². The van der Waals surface area contributed by atoms with E-state index in [0.717, 1.165) is 5.57 Å². The fourth-order valence-corrected chi connectivity index (χ4v) is 7.50. The molecular weight excluding hydrogens is 440 g/mol. The predicted molar refractivity (Wildman–Crippen MR) is 119 cm³/mol. The van der Waals surface area contributed by atoms with Gasteiger partial charge in [-0.05, 0) is 49.2 Å². The molecule has 3 saturated carbocycles. The van der Waals surface area contributed by atoms with E-state index < -0.39 is 53.1 Å². The SMILES string of the molecule is CC1CC2C3CCC4=CC(=O)C=CC4(C)C3C(=O)CC2(C)C1(O)C(=O)COC(=O)CCC(=O)O. The molecule has 4 aliphatic carbocycles. The molecule has 0 amide bonds. The van der Waals surface area contributed by atoms with Gasteiger partial charge in [0.1, 0.15) is 11.4 Å². The van der Waals surface area contributed by atoms with Gasteiger partial charge in [0.05, 0.1) is 12.8 Å². The average molecular weight is 473 g/mol. The lowest BCUT2D eigenvalue weighted by molar-refractivity contribution is -0.176. The van der Waals surface area contributed by atoms with Crippen molar-refractivity contribution in [3.05, 3.63) is 23.8 Å². The number of esters is 1. The molecule has 0 radical (unpaired) electrons. The Labute approximate surface area is 198 Å². The molecule has 0 aromatic rings. The number of carboxylic acids is 1. The van der Waals surface area contributed by atoms with E-state index in [2.05, 4.69) is 0 Å². The average Bonchev–Trinajstić information content (AvgIpc) is 2.97. The Morgan fingerprint density at radius 3 is 2.56 bits per heavy atom. The third-order valence-electron chi connectivity index (χ3n) is 9.17. The van der Waals surface area contributed by atoms with Gasteiger partial charge < -0.3 is 14.9 Å². The minimum Gasteiger partial charge on any atom is -0.481 e. The van der Waals surface area contributed by atoms with Crippen LogP contribution in [-0.2, 0) is 28.7 Å². The minimum atomic E-state index is -1.83. The summed E-state index contributed by atoms with van der Waals surface area (Å²) in [6.45, 7) is 4.94. The summed E-state index contributed by atoms with van der Waals surface area (Å²) in [4.78, 5) is 61.3. The highest BCUT2D eigenvalue weighted by atomic mass is 16.5. The number of carboxylic acid groups (broad SMARTS) is 1. The Morgan fingerprint density at radius 1 is 1.18 bits per heavy atom. The van der Waals surface area contributed by atoms with Crippen LogP contribution < -0.4 is 0 Å². The number of carbonyl (C=O) groups excluding carboxylic acids is 4. The first-order chi connectivity index (χ1) is 15.8. The molecule has 0 saturated heterocycles. The summed E-state index contributed by atoms with van der Waals surface area (Å²) in [6.07, 6.45) is 6.27. The highest BCUT2D eigenvalue weighted by Gasteiger charge is 2.70. The summed E-state index contributed by atoms with van der Waals surface area (Å²) in [5, 5.41) is 20.5. The lowest BCUT2D eigenvalue weighted by atomic mass is 9.46. The lowest BCUT2D eigenvalue weighted by Gasteiger charge is -2.56. The van der Waals surface area contributed by atoms with Gasteiger partial charge in [-0.25, -0.2) is 0 Å². The maximum atomic E-state index is 13.6. The molecule has 3 fully saturated rings. The van der Waals surface area contributed by atoms with E-state index in [1.54, 1.807) is 19.9 Å². The van der Waals surface area contributed by atoms with E-state index >= 15 is 0 Å². The number of allylic oxidation sites excluding steroid dienone is 4. The Hall–Kier alpha value is -2.61. The Kier molecular flexibility index (Phi) is 5.95. The van der Waals surface area contributed by atoms with Crippen molar-refractivity contribution >= 4 is 29.3 Å². The molecule has 0 aliphatic heterocycles. The Bertz CT molecular complexity index is 1020. The van der Waals surface area contributed by atoms with Crippen LogP contribution in [0.4, 0.5) is 0 Å². The highest BCUT2D eigenvalue weighted by molar-refractivity contribution is 6.02. The van der Waals surface area contributed by atoms with Crippen LogP contribution in [0.2, 0.25) is 0 Å². The molecule has 7 unspecified atom stereocenters. The van der Waals surface area contributed by atoms with Crippen LogP contribution in [0.25, 0.3) is 0 Å². The first-order valence-corrected chi connectivity index (χ1v) is 11.9. The largest absolute Gasteiger partial charge is 0.481 e. The van der Waals surface area contributed by atoms with Gasteiger partial charge in [-0.15, -0.1) is 0 Å². The van der Waals surface area contributed by atoms with Crippen molar-refractivity contribution in [2.24, 2.45) is 34.5 Å². The smallest absolute Gasteiger partial charge is 0.306 e. The van der Waals surface area contributed by atoms with Crippen LogP contribution in [0.3, 0.4) is 0 Å². The molecule has 0 aromatic carbocycles. The first kappa shape index (κ1) is 24.5. The molecule has 0 bridgehead atoms. The summed E-state index contributed by atoms with van der Waals surface area (Å²) >= 11 is 0. The second kappa shape index (κ2) is 8.26. The van der Waals surface area contributed by atoms with Crippen molar-refractivity contribution in [2.75, 3.05) is 6.61 Å². The maximum Gasteiger partial charge on any atom is 0.306 e. The van der Waals surface area contributed by atoms with Gasteiger partial charge in [0.15, 0.2) is 12.4 Å². The number of hydrogen-bond acceptors (Lipinski definition) is 7. The summed E-state index contributed by atoms with van der Waals surface area (Å²) in [5.74, 6) is -3.55. The number of fused-ring (bicyclic) bond motifs is 5. The fourth-order valence-electron chi connectivity index (χ4n) is 7.50. The molecular formula is C26H32O8. The molecule has 184 valence electrons. The van der Waals surface area contributed by atoms with Crippen LogP contribution in [0, 0.1) is 34.5 Å². The van der Waals surface area contributed by atoms with Gasteiger partial charge in [-0.3, -0.25) is 24.0 Å². The molecule has 4 aliphatic rings. The van der Waals surface area contributed by atoms with Crippen molar-refractivity contribution in [1.29, 1.82) is 0 Å². The topological polar surface area (TPSA) is 135 Å². The summed E-state index contributed by atoms with van der Waals surface area (Å²) < 4.78 is 4.99. The predicted octanol–water partition coefficient (Wildman–Crippen LogP) is 2.43. The molecule has 8 heteroatoms. The van der Waals surface area contributed by atoms with E-state index in [9.17, 15) is 29.1 Å². The zero-order valence-corrected chi connectivity index (χ0v) is 19.8. The second-order valence-electron chi connectivity index (χ2n) is 10.9. The second-order valence-corrected chi connectivity index (χ2v) is 10.9. The number of ketones is 3. The molecule has 34 heavy (non-hydrogen) atoms. The molecule has 7 atom stereocenters.